The van der Waals surface area contributed by atoms with E-state index in [1.165, 1.54) is 6.26 Å². The first-order chi connectivity index (χ1) is 8.38. The molecule has 0 unspecified atom stereocenters. The van der Waals surface area contributed by atoms with Crippen molar-refractivity contribution in [1.82, 2.24) is 4.90 Å². The van der Waals surface area contributed by atoms with Gasteiger partial charge in [0.15, 0.2) is 0 Å². The number of nitrogens with zero attached hydrogens (tertiary/aromatic N) is 1. The molecule has 1 N–H and O–H groups in total. The van der Waals surface area contributed by atoms with Crippen molar-refractivity contribution in [2.24, 2.45) is 11.8 Å². The fourth-order valence-corrected chi connectivity index (χ4v) is 2.03. The van der Waals surface area contributed by atoms with Gasteiger partial charge in [-0.3, -0.25) is 4.90 Å². The Bertz CT molecular complexity index is 372. The average molecular weight is 253 g/mol. The number of aromatic carboxylic acids is 1. The van der Waals surface area contributed by atoms with Crippen molar-refractivity contribution in [2.75, 3.05) is 13.1 Å². The van der Waals surface area contributed by atoms with Crippen LogP contribution in [0.25, 0.3) is 0 Å². The molecule has 4 heteroatoms. The molecule has 1 aromatic rings. The van der Waals surface area contributed by atoms with E-state index in [9.17, 15) is 4.79 Å². The van der Waals surface area contributed by atoms with E-state index >= 15 is 0 Å². The van der Waals surface area contributed by atoms with Crippen molar-refractivity contribution < 1.29 is 14.3 Å². The third-order valence-corrected chi connectivity index (χ3v) is 2.53. The molecule has 4 nitrogen and oxygen atoms in total. The largest absolute Gasteiger partial charge is 0.478 e. The molecule has 0 spiro atoms. The molecule has 0 saturated heterocycles. The van der Waals surface area contributed by atoms with Crippen molar-refractivity contribution in [3.05, 3.63) is 23.7 Å². The third-order valence-electron chi connectivity index (χ3n) is 2.53. The van der Waals surface area contributed by atoms with Crippen LogP contribution in [0.4, 0.5) is 0 Å². The number of carboxylic acid groups (broad SMARTS) is 1. The van der Waals surface area contributed by atoms with E-state index < -0.39 is 5.97 Å². The normalized spacial score (nSPS) is 11.7. The smallest absolute Gasteiger partial charge is 0.338 e. The lowest BCUT2D eigenvalue weighted by molar-refractivity contribution is 0.0696. The lowest BCUT2D eigenvalue weighted by Crippen LogP contribution is -2.30. The van der Waals surface area contributed by atoms with Gasteiger partial charge < -0.3 is 9.52 Å². The van der Waals surface area contributed by atoms with Crippen LogP contribution in [0.5, 0.6) is 0 Å². The first-order valence-electron chi connectivity index (χ1n) is 6.41. The van der Waals surface area contributed by atoms with Crippen molar-refractivity contribution in [3.63, 3.8) is 0 Å². The first-order valence-corrected chi connectivity index (χ1v) is 6.41. The highest BCUT2D eigenvalue weighted by Crippen LogP contribution is 2.13. The Morgan fingerprint density at radius 3 is 2.22 bits per heavy atom. The van der Waals surface area contributed by atoms with Gasteiger partial charge in [0, 0.05) is 13.1 Å². The Labute approximate surface area is 109 Å². The summed E-state index contributed by atoms with van der Waals surface area (Å²) in [6.45, 7) is 11.4. The molecule has 0 bridgehead atoms. The van der Waals surface area contributed by atoms with Gasteiger partial charge in [0.05, 0.1) is 12.1 Å². The Hall–Kier alpha value is -1.29. The number of carbonyl (C=O) groups is 1. The maximum Gasteiger partial charge on any atom is 0.338 e. The summed E-state index contributed by atoms with van der Waals surface area (Å²) in [7, 11) is 0. The second kappa shape index (κ2) is 6.59. The van der Waals surface area contributed by atoms with Crippen LogP contribution < -0.4 is 0 Å². The average Bonchev–Trinajstić information content (AvgIpc) is 2.63. The minimum atomic E-state index is -0.940. The number of hydrogen-bond donors (Lipinski definition) is 1. The fourth-order valence-electron chi connectivity index (χ4n) is 2.03. The van der Waals surface area contributed by atoms with Gasteiger partial charge in [0.2, 0.25) is 0 Å². The molecule has 1 aromatic heterocycles. The molecular weight excluding hydrogens is 230 g/mol. The van der Waals surface area contributed by atoms with E-state index in [0.717, 1.165) is 13.1 Å². The fraction of sp³-hybridized carbons (Fsp3) is 0.643. The van der Waals surface area contributed by atoms with E-state index in [4.69, 9.17) is 9.52 Å². The zero-order valence-electron chi connectivity index (χ0n) is 11.6. The van der Waals surface area contributed by atoms with Crippen LogP contribution in [0.3, 0.4) is 0 Å². The highest BCUT2D eigenvalue weighted by Gasteiger charge is 2.14. The topological polar surface area (TPSA) is 53.7 Å². The minimum Gasteiger partial charge on any atom is -0.478 e. The molecule has 0 aliphatic rings. The maximum atomic E-state index is 10.8. The number of furan rings is 1. The first kappa shape index (κ1) is 14.8. The van der Waals surface area contributed by atoms with Crippen LogP contribution in [0, 0.1) is 11.8 Å². The van der Waals surface area contributed by atoms with Crippen LogP contribution >= 0.6 is 0 Å². The maximum absolute atomic E-state index is 10.8. The van der Waals surface area contributed by atoms with Crippen LogP contribution in [-0.4, -0.2) is 29.1 Å². The zero-order chi connectivity index (χ0) is 13.7. The Kier molecular flexibility index (Phi) is 5.41. The molecule has 0 fully saturated rings. The van der Waals surface area contributed by atoms with Crippen LogP contribution in [0.15, 0.2) is 16.7 Å². The van der Waals surface area contributed by atoms with Gasteiger partial charge in [-0.25, -0.2) is 4.79 Å². The quantitative estimate of drug-likeness (QED) is 0.811. The highest BCUT2D eigenvalue weighted by atomic mass is 16.4. The van der Waals surface area contributed by atoms with Crippen LogP contribution in [0.1, 0.15) is 43.8 Å². The van der Waals surface area contributed by atoms with Crippen LogP contribution in [0.2, 0.25) is 0 Å². The zero-order valence-corrected chi connectivity index (χ0v) is 11.6. The number of rotatable bonds is 7. The van der Waals surface area contributed by atoms with E-state index in [-0.39, 0.29) is 5.56 Å². The van der Waals surface area contributed by atoms with Crippen molar-refractivity contribution in [1.29, 1.82) is 0 Å². The van der Waals surface area contributed by atoms with E-state index in [2.05, 4.69) is 32.6 Å². The minimum absolute atomic E-state index is 0.221. The van der Waals surface area contributed by atoms with Gasteiger partial charge >= 0.3 is 5.97 Å². The number of hydrogen-bond acceptors (Lipinski definition) is 3. The van der Waals surface area contributed by atoms with Gasteiger partial charge in [-0.1, -0.05) is 27.7 Å². The molecule has 18 heavy (non-hydrogen) atoms. The molecule has 0 aliphatic heterocycles. The predicted molar refractivity (Wildman–Crippen MR) is 70.6 cm³/mol. The van der Waals surface area contributed by atoms with Crippen molar-refractivity contribution in [3.8, 4) is 0 Å². The lowest BCUT2D eigenvalue weighted by atomic mass is 10.1. The molecule has 1 heterocycles. The van der Waals surface area contributed by atoms with E-state index in [1.807, 2.05) is 0 Å². The Morgan fingerprint density at radius 1 is 1.28 bits per heavy atom. The summed E-state index contributed by atoms with van der Waals surface area (Å²) < 4.78 is 5.30. The SMILES string of the molecule is CC(C)CN(Cc1cc(C(=O)O)co1)CC(C)C. The Balaban J connectivity index is 2.65. The summed E-state index contributed by atoms with van der Waals surface area (Å²) in [5, 5.41) is 8.85. The summed E-state index contributed by atoms with van der Waals surface area (Å²) in [5.41, 5.74) is 0.221. The van der Waals surface area contributed by atoms with Crippen molar-refractivity contribution >= 4 is 5.97 Å². The molecule has 0 aliphatic carbocycles. The van der Waals surface area contributed by atoms with Crippen molar-refractivity contribution in [2.45, 2.75) is 34.2 Å². The molecule has 0 saturated carbocycles. The summed E-state index contributed by atoms with van der Waals surface area (Å²) in [6.07, 6.45) is 1.31. The predicted octanol–water partition coefficient (Wildman–Crippen LogP) is 3.09. The molecule has 0 radical (unpaired) electrons. The second-order valence-corrected chi connectivity index (χ2v) is 5.59. The van der Waals surface area contributed by atoms with Gasteiger partial charge in [0.1, 0.15) is 12.0 Å². The monoisotopic (exact) mass is 253 g/mol. The summed E-state index contributed by atoms with van der Waals surface area (Å²) >= 11 is 0. The van der Waals surface area contributed by atoms with Gasteiger partial charge in [-0.05, 0) is 17.9 Å². The second-order valence-electron chi connectivity index (χ2n) is 5.59. The summed E-state index contributed by atoms with van der Waals surface area (Å²) in [5.74, 6) is 0.938. The lowest BCUT2D eigenvalue weighted by Gasteiger charge is -2.24. The molecule has 0 aromatic carbocycles. The molecule has 0 amide bonds. The standard InChI is InChI=1S/C14H23NO3/c1-10(2)6-15(7-11(3)4)8-13-5-12(9-18-13)14(16)17/h5,9-11H,6-8H2,1-4H3,(H,16,17). The molecule has 0 atom stereocenters. The van der Waals surface area contributed by atoms with E-state index in [1.54, 1.807) is 6.07 Å². The van der Waals surface area contributed by atoms with E-state index in [0.29, 0.717) is 24.1 Å². The molecule has 102 valence electrons. The summed E-state index contributed by atoms with van der Waals surface area (Å²) in [6, 6.07) is 1.61. The van der Waals surface area contributed by atoms with Gasteiger partial charge in [-0.2, -0.15) is 0 Å². The van der Waals surface area contributed by atoms with Crippen LogP contribution in [-0.2, 0) is 6.54 Å². The van der Waals surface area contributed by atoms with Gasteiger partial charge in [0.25, 0.3) is 0 Å². The van der Waals surface area contributed by atoms with Gasteiger partial charge in [-0.15, -0.1) is 0 Å². The summed E-state index contributed by atoms with van der Waals surface area (Å²) in [4.78, 5) is 13.1. The number of carboxylic acids is 1. The third kappa shape index (κ3) is 4.92. The Morgan fingerprint density at radius 2 is 1.83 bits per heavy atom. The highest BCUT2D eigenvalue weighted by molar-refractivity contribution is 5.87. The molecule has 1 rings (SSSR count). The molecular formula is C14H23NO3.